The first-order chi connectivity index (χ1) is 17.6. The lowest BCUT2D eigenvalue weighted by atomic mass is 9.85. The number of nitrogens with one attached hydrogen (secondary N) is 2. The van der Waals surface area contributed by atoms with Gasteiger partial charge in [-0.05, 0) is 48.2 Å². The van der Waals surface area contributed by atoms with Crippen molar-refractivity contribution in [1.29, 1.82) is 0 Å². The monoisotopic (exact) mass is 580 g/mol. The fourth-order valence-corrected chi connectivity index (χ4v) is 7.20. The molecule has 0 aliphatic carbocycles. The number of hydrogen-bond donors (Lipinski definition) is 3. The number of hydrogen-bond acceptors (Lipinski definition) is 7. The van der Waals surface area contributed by atoms with Crippen molar-refractivity contribution >= 4 is 57.6 Å². The van der Waals surface area contributed by atoms with Crippen molar-refractivity contribution in [3.05, 3.63) is 64.4 Å². The lowest BCUT2D eigenvalue weighted by Gasteiger charge is -2.35. The standard InChI is InChI=1S/C25H30ClN4O6PS/c1-6-36-37(33)19-13-17(29-38(5,34)35)10-11-18(19)27-23(28-37)20-21(31)22(25(2,3)4)30(24(20)32)14-15-8-7-9-16(26)12-15/h7-13,22,29,31H,6,14H2,1-5H3,(H,27,28,33). The Labute approximate surface area is 227 Å². The number of carbonyl (C=O) groups excluding carboxylic acids is 1. The van der Waals surface area contributed by atoms with Gasteiger partial charge in [0.05, 0.1) is 29.9 Å². The summed E-state index contributed by atoms with van der Waals surface area (Å²) in [7, 11) is -7.54. The summed E-state index contributed by atoms with van der Waals surface area (Å²) < 4.78 is 49.6. The van der Waals surface area contributed by atoms with Gasteiger partial charge in [-0.25, -0.2) is 8.42 Å². The van der Waals surface area contributed by atoms with Crippen LogP contribution in [0.5, 0.6) is 0 Å². The first-order valence-electron chi connectivity index (χ1n) is 11.9. The number of nitrogens with zero attached hydrogens (tertiary/aromatic N) is 2. The fourth-order valence-electron chi connectivity index (χ4n) is 4.62. The minimum Gasteiger partial charge on any atom is -0.509 e. The van der Waals surface area contributed by atoms with Crippen LogP contribution in [0.3, 0.4) is 0 Å². The molecule has 2 atom stereocenters. The van der Waals surface area contributed by atoms with Crippen molar-refractivity contribution in [1.82, 2.24) is 4.90 Å². The minimum atomic E-state index is -3.95. The molecule has 2 aromatic carbocycles. The predicted octanol–water partition coefficient (Wildman–Crippen LogP) is 4.66. The second-order valence-electron chi connectivity index (χ2n) is 10.2. The molecular formula is C25H30ClN4O6PS. The largest absolute Gasteiger partial charge is 0.509 e. The number of benzene rings is 2. The Morgan fingerprint density at radius 1 is 1.24 bits per heavy atom. The molecule has 4 rings (SSSR count). The van der Waals surface area contributed by atoms with Gasteiger partial charge in [0.25, 0.3) is 5.91 Å². The molecule has 1 amide bonds. The number of anilines is 2. The average molecular weight is 581 g/mol. The Kier molecular flexibility index (Phi) is 7.44. The first kappa shape index (κ1) is 28.2. The highest BCUT2D eigenvalue weighted by Gasteiger charge is 2.48. The summed E-state index contributed by atoms with van der Waals surface area (Å²) in [5.41, 5.74) is 0.633. The van der Waals surface area contributed by atoms with E-state index in [0.29, 0.717) is 10.7 Å². The normalized spacial score (nSPS) is 21.7. The summed E-state index contributed by atoms with van der Waals surface area (Å²) in [6.45, 7) is 7.59. The highest BCUT2D eigenvalue weighted by molar-refractivity contribution is 7.92. The summed E-state index contributed by atoms with van der Waals surface area (Å²) in [6, 6.07) is 10.8. The Bertz CT molecular complexity index is 1520. The lowest BCUT2D eigenvalue weighted by molar-refractivity contribution is -0.129. The number of carbonyl (C=O) groups is 1. The number of sulfonamides is 1. The summed E-state index contributed by atoms with van der Waals surface area (Å²) in [5.74, 6) is -0.767. The average Bonchev–Trinajstić information content (AvgIpc) is 3.02. The van der Waals surface area contributed by atoms with Crippen molar-refractivity contribution in [2.75, 3.05) is 22.9 Å². The van der Waals surface area contributed by atoms with Crippen molar-refractivity contribution in [3.8, 4) is 0 Å². The van der Waals surface area contributed by atoms with E-state index in [1.807, 2.05) is 26.8 Å². The maximum absolute atomic E-state index is 14.0. The van der Waals surface area contributed by atoms with Crippen LogP contribution in [0.1, 0.15) is 33.3 Å². The number of rotatable bonds is 7. The van der Waals surface area contributed by atoms with Gasteiger partial charge in [-0.1, -0.05) is 44.5 Å². The van der Waals surface area contributed by atoms with Crippen LogP contribution in [0, 0.1) is 5.41 Å². The Morgan fingerprint density at radius 3 is 2.55 bits per heavy atom. The van der Waals surface area contributed by atoms with Gasteiger partial charge in [0, 0.05) is 17.3 Å². The van der Waals surface area contributed by atoms with E-state index in [2.05, 4.69) is 14.8 Å². The number of halogens is 1. The number of fused-ring (bicyclic) bond motifs is 1. The van der Waals surface area contributed by atoms with Gasteiger partial charge in [0.1, 0.15) is 11.3 Å². The van der Waals surface area contributed by atoms with Crippen molar-refractivity contribution in [3.63, 3.8) is 0 Å². The van der Waals surface area contributed by atoms with E-state index in [1.165, 1.54) is 18.2 Å². The Balaban J connectivity index is 1.79. The number of amides is 1. The number of aliphatic hydroxyl groups excluding tert-OH is 1. The molecule has 2 aliphatic rings. The molecule has 0 bridgehead atoms. The van der Waals surface area contributed by atoms with Crippen LogP contribution in [-0.2, 0) is 30.5 Å². The van der Waals surface area contributed by atoms with Gasteiger partial charge < -0.3 is 19.8 Å². The van der Waals surface area contributed by atoms with Crippen molar-refractivity contribution < 1.29 is 27.4 Å². The molecule has 2 aliphatic heterocycles. The van der Waals surface area contributed by atoms with Crippen LogP contribution in [0.4, 0.5) is 11.4 Å². The predicted molar refractivity (Wildman–Crippen MR) is 150 cm³/mol. The van der Waals surface area contributed by atoms with Gasteiger partial charge in [-0.15, -0.1) is 0 Å². The zero-order chi connectivity index (χ0) is 28.0. The number of amidine groups is 1. The molecule has 0 radical (unpaired) electrons. The van der Waals surface area contributed by atoms with E-state index in [0.717, 1.165) is 11.8 Å². The molecule has 38 heavy (non-hydrogen) atoms. The van der Waals surface area contributed by atoms with E-state index in [9.17, 15) is 22.9 Å². The zero-order valence-electron chi connectivity index (χ0n) is 21.6. The second kappa shape index (κ2) is 10.0. The molecule has 2 aromatic rings. The summed E-state index contributed by atoms with van der Waals surface area (Å²) >= 11 is 6.15. The lowest BCUT2D eigenvalue weighted by Crippen LogP contribution is -2.43. The quantitative estimate of drug-likeness (QED) is 0.405. The second-order valence-corrected chi connectivity index (χ2v) is 14.4. The molecule has 3 N–H and O–H groups in total. The molecular weight excluding hydrogens is 551 g/mol. The van der Waals surface area contributed by atoms with E-state index in [-0.39, 0.29) is 41.3 Å². The van der Waals surface area contributed by atoms with Gasteiger partial charge in [0.15, 0.2) is 5.84 Å². The van der Waals surface area contributed by atoms with E-state index in [4.69, 9.17) is 16.1 Å². The van der Waals surface area contributed by atoms with Crippen LogP contribution in [-0.4, -0.2) is 49.1 Å². The maximum Gasteiger partial charge on any atom is 0.348 e. The summed E-state index contributed by atoms with van der Waals surface area (Å²) in [6.07, 6.45) is 1.00. The van der Waals surface area contributed by atoms with Gasteiger partial charge >= 0.3 is 7.52 Å². The van der Waals surface area contributed by atoms with Crippen LogP contribution >= 0.6 is 19.1 Å². The van der Waals surface area contributed by atoms with Crippen LogP contribution in [0.15, 0.2) is 58.6 Å². The van der Waals surface area contributed by atoms with Gasteiger partial charge in [0.2, 0.25) is 10.0 Å². The minimum absolute atomic E-state index is 0.0434. The van der Waals surface area contributed by atoms with Crippen molar-refractivity contribution in [2.45, 2.75) is 40.3 Å². The fraction of sp³-hybridized carbons (Fsp3) is 0.360. The van der Waals surface area contributed by atoms with Crippen LogP contribution < -0.4 is 15.3 Å². The molecule has 2 unspecified atom stereocenters. The van der Waals surface area contributed by atoms with E-state index < -0.39 is 34.9 Å². The third-order valence-corrected chi connectivity index (χ3v) is 8.89. The molecule has 0 spiro atoms. The highest BCUT2D eigenvalue weighted by atomic mass is 35.5. The Morgan fingerprint density at radius 2 is 1.95 bits per heavy atom. The molecule has 2 heterocycles. The molecule has 13 heteroatoms. The molecule has 0 saturated carbocycles. The third-order valence-electron chi connectivity index (χ3n) is 5.99. The van der Waals surface area contributed by atoms with Crippen molar-refractivity contribution in [2.24, 2.45) is 10.2 Å². The molecule has 0 saturated heterocycles. The highest BCUT2D eigenvalue weighted by Crippen LogP contribution is 2.53. The molecule has 10 nitrogen and oxygen atoms in total. The SMILES string of the molecule is CCOP1(=O)N=C(C2=C(O)C(C(C)(C)C)N(Cc3cccc(Cl)c3)C2=O)Nc2ccc(NS(C)(=O)=O)cc21. The smallest absolute Gasteiger partial charge is 0.348 e. The summed E-state index contributed by atoms with van der Waals surface area (Å²) in [5, 5.41) is 15.1. The molecule has 0 fully saturated rings. The number of aliphatic hydroxyl groups is 1. The maximum atomic E-state index is 14.0. The zero-order valence-corrected chi connectivity index (χ0v) is 24.1. The molecule has 204 valence electrons. The van der Waals surface area contributed by atoms with Gasteiger partial charge in [-0.2, -0.15) is 4.76 Å². The third kappa shape index (κ3) is 5.61. The van der Waals surface area contributed by atoms with Crippen LogP contribution in [0.2, 0.25) is 5.02 Å². The summed E-state index contributed by atoms with van der Waals surface area (Å²) in [4.78, 5) is 15.3. The topological polar surface area (TPSA) is 137 Å². The molecule has 0 aromatic heterocycles. The van der Waals surface area contributed by atoms with E-state index in [1.54, 1.807) is 30.0 Å². The van der Waals surface area contributed by atoms with Crippen LogP contribution in [0.25, 0.3) is 0 Å². The Hall–Kier alpha value is -2.85. The van der Waals surface area contributed by atoms with Gasteiger partial charge in [-0.3, -0.25) is 14.1 Å². The van der Waals surface area contributed by atoms with E-state index >= 15 is 0 Å². The first-order valence-corrected chi connectivity index (χ1v) is 15.7.